The first kappa shape index (κ1) is 62.5. The van der Waals surface area contributed by atoms with Gasteiger partial charge in [-0.05, 0) is 80.5 Å². The van der Waals surface area contributed by atoms with Crippen LogP contribution in [0.1, 0.15) is 91.5 Å². The fourth-order valence-electron chi connectivity index (χ4n) is 8.18. The zero-order chi connectivity index (χ0) is 53.8. The molecule has 0 aliphatic carbocycles. The average molecular weight is 1020 g/mol. The number of amides is 6. The number of aromatic hydroxyl groups is 1. The molecular formula is C48H87N15O9. The number of aliphatic carboxylic acids is 1. The van der Waals surface area contributed by atoms with Crippen LogP contribution in [-0.4, -0.2) is 171 Å². The molecule has 1 aromatic rings. The van der Waals surface area contributed by atoms with E-state index in [2.05, 4.69) is 47.5 Å². The number of carbonyl (C=O) groups is 7. The molecule has 20 N–H and O–H groups in total. The molecule has 6 amide bonds. The van der Waals surface area contributed by atoms with Crippen molar-refractivity contribution in [3.63, 3.8) is 0 Å². The number of aliphatic imine (C=N–C) groups is 1. The second-order valence-corrected chi connectivity index (χ2v) is 19.8. The third-order valence-electron chi connectivity index (χ3n) is 12.0. The molecule has 1 aliphatic heterocycles. The number of phenols is 1. The van der Waals surface area contributed by atoms with Crippen molar-refractivity contribution in [1.29, 1.82) is 0 Å². The van der Waals surface area contributed by atoms with Crippen molar-refractivity contribution in [2.24, 2.45) is 50.9 Å². The van der Waals surface area contributed by atoms with Crippen LogP contribution in [0.4, 0.5) is 0 Å². The number of carboxylic acids is 1. The molecule has 1 aliphatic rings. The predicted octanol–water partition coefficient (Wildman–Crippen LogP) is -2.99. The summed E-state index contributed by atoms with van der Waals surface area (Å²) in [6.45, 7) is 12.1. The van der Waals surface area contributed by atoms with Crippen LogP contribution in [0.2, 0.25) is 0 Å². The van der Waals surface area contributed by atoms with Gasteiger partial charge in [0.05, 0.1) is 18.5 Å². The third kappa shape index (κ3) is 23.7. The van der Waals surface area contributed by atoms with Gasteiger partial charge < -0.3 is 86.3 Å². The van der Waals surface area contributed by atoms with Crippen molar-refractivity contribution in [3.8, 4) is 5.75 Å². The maximum atomic E-state index is 14.6. The van der Waals surface area contributed by atoms with E-state index in [9.17, 15) is 43.8 Å². The van der Waals surface area contributed by atoms with Gasteiger partial charge in [0.1, 0.15) is 29.9 Å². The van der Waals surface area contributed by atoms with E-state index in [0.717, 1.165) is 0 Å². The summed E-state index contributed by atoms with van der Waals surface area (Å²) >= 11 is 0. The summed E-state index contributed by atoms with van der Waals surface area (Å²) in [6.07, 6.45) is 3.33. The van der Waals surface area contributed by atoms with Crippen molar-refractivity contribution in [2.75, 3.05) is 72.0 Å². The van der Waals surface area contributed by atoms with Gasteiger partial charge in [-0.2, -0.15) is 0 Å². The number of unbranched alkanes of at least 4 members (excludes halogenated alkanes) is 1. The fourth-order valence-corrected chi connectivity index (χ4v) is 8.18. The molecule has 6 atom stereocenters. The minimum absolute atomic E-state index is 0.0128. The molecule has 24 heteroatoms. The number of benzene rings is 1. The highest BCUT2D eigenvalue weighted by molar-refractivity contribution is 5.96. The van der Waals surface area contributed by atoms with Crippen LogP contribution in [0.15, 0.2) is 29.3 Å². The summed E-state index contributed by atoms with van der Waals surface area (Å²) in [6, 6.07) is 0.0236. The molecule has 0 spiro atoms. The smallest absolute Gasteiger partial charge is 0.326 e. The van der Waals surface area contributed by atoms with Gasteiger partial charge in [-0.25, -0.2) is 4.79 Å². The van der Waals surface area contributed by atoms with Gasteiger partial charge in [0.2, 0.25) is 35.4 Å². The molecule has 0 aromatic heterocycles. The Morgan fingerprint density at radius 2 is 1.43 bits per heavy atom. The largest absolute Gasteiger partial charge is 0.508 e. The highest BCUT2D eigenvalue weighted by atomic mass is 16.4. The van der Waals surface area contributed by atoms with Gasteiger partial charge in [0.25, 0.3) is 0 Å². The van der Waals surface area contributed by atoms with Crippen molar-refractivity contribution in [2.45, 2.75) is 129 Å². The van der Waals surface area contributed by atoms with Gasteiger partial charge in [0.15, 0.2) is 5.96 Å². The van der Waals surface area contributed by atoms with E-state index in [4.69, 9.17) is 28.7 Å². The second kappa shape index (κ2) is 33.1. The summed E-state index contributed by atoms with van der Waals surface area (Å²) < 4.78 is 0. The second-order valence-electron chi connectivity index (χ2n) is 19.8. The number of rotatable bonds is 35. The van der Waals surface area contributed by atoms with Gasteiger partial charge in [-0.1, -0.05) is 53.2 Å². The van der Waals surface area contributed by atoms with Gasteiger partial charge in [-0.15, -0.1) is 0 Å². The Bertz CT molecular complexity index is 1870. The molecule has 0 radical (unpaired) electrons. The number of likely N-dealkylation sites (tertiary alicyclic amines) is 1. The van der Waals surface area contributed by atoms with E-state index in [-0.39, 0.29) is 75.4 Å². The number of hydrogen-bond donors (Lipinski definition) is 15. The standard InChI is InChI=1S/C48H87N15O9/c1-30(2)24-37(46(71)72)61-44(69)40(48(3,4)5)62-42(67)36(25-31-13-15-34(64)16-14-31)60-43(68)38-12-9-23-63(38)45(70)35(11-8-20-56-47(52)53)57-28-33(10-6-7-17-49)59-39(65)29-58-41(66)32(26-54-21-18-50)27-55-22-19-51/h13-16,30,32-33,35-38,40,54-55,57,64H,6-12,17-29,49-51H2,1-5H3,(H,58,66)(H,59,65)(H,60,68)(H,61,69)(H,62,67)(H,71,72)(H4,52,53,56)/t33-,35-,36-,37-,38-,40+/m0/s1. The van der Waals surface area contributed by atoms with Crippen molar-refractivity contribution in [3.05, 3.63) is 29.8 Å². The Labute approximate surface area is 424 Å². The molecule has 408 valence electrons. The predicted molar refractivity (Wildman–Crippen MR) is 276 cm³/mol. The van der Waals surface area contributed by atoms with Gasteiger partial charge >= 0.3 is 5.97 Å². The summed E-state index contributed by atoms with van der Waals surface area (Å²) in [5.74, 6) is -5.09. The van der Waals surface area contributed by atoms with Crippen molar-refractivity contribution in [1.82, 2.24) is 47.4 Å². The first-order chi connectivity index (χ1) is 34.1. The van der Waals surface area contributed by atoms with Crippen LogP contribution in [-0.2, 0) is 40.0 Å². The zero-order valence-corrected chi connectivity index (χ0v) is 43.1. The van der Waals surface area contributed by atoms with E-state index < -0.39 is 83.1 Å². The highest BCUT2D eigenvalue weighted by Gasteiger charge is 2.40. The average Bonchev–Trinajstić information content (AvgIpc) is 3.81. The Kier molecular flexibility index (Phi) is 28.7. The molecule has 72 heavy (non-hydrogen) atoms. The minimum Gasteiger partial charge on any atom is -0.508 e. The van der Waals surface area contributed by atoms with Gasteiger partial charge in [0, 0.05) is 71.4 Å². The van der Waals surface area contributed by atoms with Crippen LogP contribution in [0, 0.1) is 17.3 Å². The van der Waals surface area contributed by atoms with Crippen LogP contribution < -0.4 is 71.2 Å². The molecule has 0 saturated carbocycles. The van der Waals surface area contributed by atoms with Crippen molar-refractivity contribution >= 4 is 47.4 Å². The van der Waals surface area contributed by atoms with Gasteiger partial charge in [-0.3, -0.25) is 33.8 Å². The van der Waals surface area contributed by atoms with Crippen LogP contribution >= 0.6 is 0 Å². The Morgan fingerprint density at radius 3 is 2.00 bits per heavy atom. The lowest BCUT2D eigenvalue weighted by Crippen LogP contribution is -2.61. The SMILES string of the molecule is CC(C)C[C@H](NC(=O)[C@@H](NC(=O)[C@H](Cc1ccc(O)cc1)NC(=O)[C@@H]1CCCN1C(=O)[C@H](CCCN=C(N)N)NC[C@H](CCCCN)NC(=O)CNC(=O)C(CNCCN)CNCCN)C(C)(C)C)C(=O)O. The van der Waals surface area contributed by atoms with E-state index in [1.165, 1.54) is 17.0 Å². The molecule has 1 saturated heterocycles. The lowest BCUT2D eigenvalue weighted by atomic mass is 9.85. The molecule has 1 heterocycles. The van der Waals surface area contributed by atoms with Crippen LogP contribution in [0.5, 0.6) is 5.75 Å². The molecule has 0 unspecified atom stereocenters. The topological polar surface area (TPSA) is 402 Å². The van der Waals surface area contributed by atoms with E-state index in [0.29, 0.717) is 83.5 Å². The lowest BCUT2D eigenvalue weighted by Gasteiger charge is -2.33. The fraction of sp³-hybridized carbons (Fsp3) is 0.708. The number of carbonyl (C=O) groups excluding carboxylic acids is 6. The molecule has 1 aromatic carbocycles. The molecule has 24 nitrogen and oxygen atoms in total. The van der Waals surface area contributed by atoms with Crippen LogP contribution in [0.25, 0.3) is 0 Å². The number of hydrogen-bond acceptors (Lipinski definition) is 15. The highest BCUT2D eigenvalue weighted by Crippen LogP contribution is 2.23. The number of nitrogens with one attached hydrogen (secondary N) is 8. The first-order valence-electron chi connectivity index (χ1n) is 25.2. The van der Waals surface area contributed by atoms with Crippen LogP contribution in [0.3, 0.4) is 0 Å². The quantitative estimate of drug-likeness (QED) is 0.0183. The number of carboxylic acid groups (broad SMARTS) is 1. The molecule has 2 rings (SSSR count). The monoisotopic (exact) mass is 1020 g/mol. The Hall–Kier alpha value is -5.66. The maximum absolute atomic E-state index is 14.6. The first-order valence-corrected chi connectivity index (χ1v) is 25.2. The number of guanidine groups is 1. The lowest BCUT2D eigenvalue weighted by molar-refractivity contribution is -0.143. The van der Waals surface area contributed by atoms with E-state index in [1.807, 2.05) is 13.8 Å². The molecular weight excluding hydrogens is 931 g/mol. The summed E-state index contributed by atoms with van der Waals surface area (Å²) in [5.41, 5.74) is 27.8. The van der Waals surface area contributed by atoms with Crippen molar-refractivity contribution < 1.29 is 43.8 Å². The zero-order valence-electron chi connectivity index (χ0n) is 43.1. The Morgan fingerprint density at radius 1 is 0.778 bits per heavy atom. The minimum atomic E-state index is -1.27. The molecule has 0 bridgehead atoms. The van der Waals surface area contributed by atoms with E-state index in [1.54, 1.807) is 32.9 Å². The molecule has 1 fully saturated rings. The third-order valence-corrected chi connectivity index (χ3v) is 12.0. The summed E-state index contributed by atoms with van der Waals surface area (Å²) in [5, 5.41) is 43.3. The number of phenolic OH excluding ortho intramolecular Hbond substituents is 1. The number of nitrogens with two attached hydrogens (primary N) is 5. The van der Waals surface area contributed by atoms with E-state index >= 15 is 0 Å². The Balaban J connectivity index is 2.37. The summed E-state index contributed by atoms with van der Waals surface area (Å²) in [4.78, 5) is 101. The normalized spacial score (nSPS) is 15.8. The summed E-state index contributed by atoms with van der Waals surface area (Å²) in [7, 11) is 0. The maximum Gasteiger partial charge on any atom is 0.326 e. The number of nitrogens with zero attached hydrogens (tertiary/aromatic N) is 2.